The lowest BCUT2D eigenvalue weighted by Gasteiger charge is -2.08. The minimum atomic E-state index is 0.739. The topological polar surface area (TPSA) is 39.1 Å². The SMILES string of the molecule is C=CCNc1nccn1CCCOCC. The highest BCUT2D eigenvalue weighted by molar-refractivity contribution is 5.26. The van der Waals surface area contributed by atoms with Gasteiger partial charge in [0.2, 0.25) is 5.95 Å². The van der Waals surface area contributed by atoms with Crippen LogP contribution in [0.3, 0.4) is 0 Å². The Morgan fingerprint density at radius 1 is 1.67 bits per heavy atom. The van der Waals surface area contributed by atoms with Gasteiger partial charge in [-0.2, -0.15) is 0 Å². The van der Waals surface area contributed by atoms with Crippen molar-refractivity contribution in [3.63, 3.8) is 0 Å². The smallest absolute Gasteiger partial charge is 0.203 e. The van der Waals surface area contributed by atoms with Crippen LogP contribution in [0.4, 0.5) is 5.95 Å². The van der Waals surface area contributed by atoms with Gasteiger partial charge in [0, 0.05) is 38.7 Å². The zero-order chi connectivity index (χ0) is 10.9. The van der Waals surface area contributed by atoms with E-state index in [4.69, 9.17) is 4.74 Å². The Balaban J connectivity index is 2.32. The molecule has 1 heterocycles. The highest BCUT2D eigenvalue weighted by Gasteiger charge is 1.99. The molecule has 0 bridgehead atoms. The zero-order valence-electron chi connectivity index (χ0n) is 9.28. The number of ether oxygens (including phenoxy) is 1. The Morgan fingerprint density at radius 2 is 2.53 bits per heavy atom. The molecule has 0 aliphatic rings. The van der Waals surface area contributed by atoms with E-state index in [-0.39, 0.29) is 0 Å². The van der Waals surface area contributed by atoms with Gasteiger partial charge in [-0.05, 0) is 13.3 Å². The van der Waals surface area contributed by atoms with Crippen LogP contribution in [0.15, 0.2) is 25.0 Å². The standard InChI is InChI=1S/C11H19N3O/c1-3-6-12-11-13-7-9-14(11)8-5-10-15-4-2/h3,7,9H,1,4-6,8,10H2,2H3,(H,12,13). The monoisotopic (exact) mass is 209 g/mol. The average Bonchev–Trinajstić information content (AvgIpc) is 2.69. The molecule has 15 heavy (non-hydrogen) atoms. The van der Waals surface area contributed by atoms with Gasteiger partial charge in [-0.3, -0.25) is 0 Å². The third kappa shape index (κ3) is 4.16. The van der Waals surface area contributed by atoms with Crippen LogP contribution < -0.4 is 5.32 Å². The van der Waals surface area contributed by atoms with E-state index in [1.807, 2.05) is 19.2 Å². The lowest BCUT2D eigenvalue weighted by Crippen LogP contribution is -2.08. The molecule has 4 nitrogen and oxygen atoms in total. The molecule has 0 aliphatic heterocycles. The third-order valence-electron chi connectivity index (χ3n) is 2.01. The van der Waals surface area contributed by atoms with Crippen molar-refractivity contribution in [3.8, 4) is 0 Å². The number of nitrogens with zero attached hydrogens (tertiary/aromatic N) is 2. The quantitative estimate of drug-likeness (QED) is 0.525. The van der Waals surface area contributed by atoms with Crippen molar-refractivity contribution < 1.29 is 4.74 Å². The lowest BCUT2D eigenvalue weighted by molar-refractivity contribution is 0.142. The Bertz CT molecular complexity index is 283. The number of aromatic nitrogens is 2. The first kappa shape index (κ1) is 11.8. The summed E-state index contributed by atoms with van der Waals surface area (Å²) in [5.41, 5.74) is 0. The number of hydrogen-bond acceptors (Lipinski definition) is 3. The van der Waals surface area contributed by atoms with E-state index in [1.54, 1.807) is 6.20 Å². The second-order valence-electron chi connectivity index (χ2n) is 3.16. The van der Waals surface area contributed by atoms with Gasteiger partial charge in [0.05, 0.1) is 0 Å². The number of aryl methyl sites for hydroxylation is 1. The molecular weight excluding hydrogens is 190 g/mol. The summed E-state index contributed by atoms with van der Waals surface area (Å²) < 4.78 is 7.37. The first-order valence-electron chi connectivity index (χ1n) is 5.32. The average molecular weight is 209 g/mol. The van der Waals surface area contributed by atoms with E-state index in [9.17, 15) is 0 Å². The molecule has 1 aromatic rings. The highest BCUT2D eigenvalue weighted by atomic mass is 16.5. The molecule has 0 spiro atoms. The maximum absolute atomic E-state index is 5.28. The molecule has 4 heteroatoms. The van der Waals surface area contributed by atoms with Gasteiger partial charge in [-0.25, -0.2) is 4.98 Å². The summed E-state index contributed by atoms with van der Waals surface area (Å²) >= 11 is 0. The molecule has 0 amide bonds. The van der Waals surface area contributed by atoms with E-state index in [2.05, 4.69) is 21.4 Å². The molecule has 1 rings (SSSR count). The summed E-state index contributed by atoms with van der Waals surface area (Å²) in [6.07, 6.45) is 6.59. The number of anilines is 1. The fourth-order valence-corrected chi connectivity index (χ4v) is 1.30. The van der Waals surface area contributed by atoms with E-state index >= 15 is 0 Å². The molecule has 0 unspecified atom stereocenters. The lowest BCUT2D eigenvalue weighted by atomic mass is 10.4. The van der Waals surface area contributed by atoms with Crippen LogP contribution in [0.5, 0.6) is 0 Å². The van der Waals surface area contributed by atoms with Crippen LogP contribution in [0.2, 0.25) is 0 Å². The second-order valence-corrected chi connectivity index (χ2v) is 3.16. The molecule has 0 aromatic carbocycles. The Morgan fingerprint density at radius 3 is 3.27 bits per heavy atom. The summed E-state index contributed by atoms with van der Waals surface area (Å²) in [4.78, 5) is 4.22. The van der Waals surface area contributed by atoms with Gasteiger partial charge in [0.1, 0.15) is 0 Å². The normalized spacial score (nSPS) is 10.2. The van der Waals surface area contributed by atoms with Crippen molar-refractivity contribution in [2.45, 2.75) is 19.9 Å². The van der Waals surface area contributed by atoms with Gasteiger partial charge in [0.15, 0.2) is 0 Å². The van der Waals surface area contributed by atoms with Gasteiger partial charge < -0.3 is 14.6 Å². The fraction of sp³-hybridized carbons (Fsp3) is 0.545. The van der Waals surface area contributed by atoms with Crippen LogP contribution in [0, 0.1) is 0 Å². The van der Waals surface area contributed by atoms with Crippen LogP contribution >= 0.6 is 0 Å². The minimum Gasteiger partial charge on any atom is -0.382 e. The molecule has 0 saturated heterocycles. The number of hydrogen-bond donors (Lipinski definition) is 1. The van der Waals surface area contributed by atoms with E-state index in [0.29, 0.717) is 0 Å². The fourth-order valence-electron chi connectivity index (χ4n) is 1.30. The Labute approximate surface area is 91.0 Å². The predicted octanol–water partition coefficient (Wildman–Crippen LogP) is 1.91. The van der Waals surface area contributed by atoms with Crippen molar-refractivity contribution in [1.29, 1.82) is 0 Å². The molecule has 0 atom stereocenters. The molecule has 0 radical (unpaired) electrons. The molecular formula is C11H19N3O. The molecule has 0 saturated carbocycles. The second kappa shape index (κ2) is 7.06. The van der Waals surface area contributed by atoms with Crippen LogP contribution in [-0.4, -0.2) is 29.3 Å². The van der Waals surface area contributed by atoms with Crippen LogP contribution in [0.25, 0.3) is 0 Å². The van der Waals surface area contributed by atoms with Gasteiger partial charge in [-0.1, -0.05) is 6.08 Å². The Kier molecular flexibility index (Phi) is 5.55. The molecule has 1 aromatic heterocycles. The van der Waals surface area contributed by atoms with Gasteiger partial charge in [0.25, 0.3) is 0 Å². The first-order valence-corrected chi connectivity index (χ1v) is 5.32. The largest absolute Gasteiger partial charge is 0.382 e. The Hall–Kier alpha value is -1.29. The zero-order valence-corrected chi connectivity index (χ0v) is 9.28. The summed E-state index contributed by atoms with van der Waals surface area (Å²) in [6, 6.07) is 0. The van der Waals surface area contributed by atoms with Crippen molar-refractivity contribution in [3.05, 3.63) is 25.0 Å². The third-order valence-corrected chi connectivity index (χ3v) is 2.01. The summed E-state index contributed by atoms with van der Waals surface area (Å²) in [7, 11) is 0. The molecule has 0 aliphatic carbocycles. The van der Waals surface area contributed by atoms with Gasteiger partial charge in [-0.15, -0.1) is 6.58 Å². The summed E-state index contributed by atoms with van der Waals surface area (Å²) in [6.45, 7) is 8.92. The van der Waals surface area contributed by atoms with Crippen LogP contribution in [-0.2, 0) is 11.3 Å². The number of imidazole rings is 1. The van der Waals surface area contributed by atoms with E-state index < -0.39 is 0 Å². The maximum atomic E-state index is 5.28. The highest BCUT2D eigenvalue weighted by Crippen LogP contribution is 2.04. The number of rotatable bonds is 8. The van der Waals surface area contributed by atoms with E-state index in [1.165, 1.54) is 0 Å². The summed E-state index contributed by atoms with van der Waals surface area (Å²) in [5.74, 6) is 0.895. The molecule has 0 fully saturated rings. The van der Waals surface area contributed by atoms with Gasteiger partial charge >= 0.3 is 0 Å². The molecule has 84 valence electrons. The maximum Gasteiger partial charge on any atom is 0.203 e. The first-order chi connectivity index (χ1) is 7.38. The van der Waals surface area contributed by atoms with Crippen molar-refractivity contribution in [2.75, 3.05) is 25.1 Å². The predicted molar refractivity (Wildman–Crippen MR) is 62.0 cm³/mol. The summed E-state index contributed by atoms with van der Waals surface area (Å²) in [5, 5.41) is 3.18. The van der Waals surface area contributed by atoms with E-state index in [0.717, 1.165) is 38.7 Å². The minimum absolute atomic E-state index is 0.739. The van der Waals surface area contributed by atoms with Crippen molar-refractivity contribution >= 4 is 5.95 Å². The van der Waals surface area contributed by atoms with Crippen molar-refractivity contribution in [1.82, 2.24) is 9.55 Å². The van der Waals surface area contributed by atoms with Crippen LogP contribution in [0.1, 0.15) is 13.3 Å². The number of nitrogens with one attached hydrogen (secondary N) is 1. The molecule has 1 N–H and O–H groups in total. The van der Waals surface area contributed by atoms with Crippen molar-refractivity contribution in [2.24, 2.45) is 0 Å².